The summed E-state index contributed by atoms with van der Waals surface area (Å²) in [4.78, 5) is 16.0. The maximum atomic E-state index is 11.9. The fraction of sp³-hybridized carbons (Fsp3) is 0.0769. The Morgan fingerprint density at radius 1 is 1.21 bits per heavy atom. The topological polar surface area (TPSA) is 70.4 Å². The minimum atomic E-state index is -0.294. The summed E-state index contributed by atoms with van der Waals surface area (Å²) in [5, 5.41) is 19.3. The highest BCUT2D eigenvalue weighted by molar-refractivity contribution is 9.10. The third kappa shape index (κ3) is 3.71. The number of nitrogens with zero attached hydrogens (tertiary/aromatic N) is 1. The molecular weight excluding hydrogens is 330 g/mol. The summed E-state index contributed by atoms with van der Waals surface area (Å²) < 4.78 is 0.881. The van der Waals surface area contributed by atoms with Gasteiger partial charge in [0.25, 0.3) is 0 Å². The van der Waals surface area contributed by atoms with E-state index in [9.17, 15) is 15.0 Å². The second-order valence-electron chi connectivity index (χ2n) is 3.73. The van der Waals surface area contributed by atoms with Gasteiger partial charge in [-0.05, 0) is 46.3 Å². The van der Waals surface area contributed by atoms with E-state index < -0.39 is 0 Å². The van der Waals surface area contributed by atoms with Crippen LogP contribution in [0.2, 0.25) is 0 Å². The average Bonchev–Trinajstić information content (AvgIpc) is 2.41. The predicted molar refractivity (Wildman–Crippen MR) is 76.8 cm³/mol. The number of ketones is 1. The van der Waals surface area contributed by atoms with Crippen molar-refractivity contribution in [2.24, 2.45) is 0 Å². The Balaban J connectivity index is 2.01. The second kappa shape index (κ2) is 6.08. The van der Waals surface area contributed by atoms with Crippen LogP contribution in [0.25, 0.3) is 0 Å². The van der Waals surface area contributed by atoms with E-state index in [-0.39, 0.29) is 23.0 Å². The number of Topliss-reactive ketones (excluding diaryl/α,β-unsaturated/α-hetero) is 1. The van der Waals surface area contributed by atoms with Crippen molar-refractivity contribution < 1.29 is 15.0 Å². The van der Waals surface area contributed by atoms with Gasteiger partial charge in [-0.25, -0.2) is 4.98 Å². The van der Waals surface area contributed by atoms with Gasteiger partial charge < -0.3 is 10.2 Å². The molecule has 0 radical (unpaired) electrons. The minimum Gasteiger partial charge on any atom is -0.504 e. The number of halogens is 1. The van der Waals surface area contributed by atoms with Crippen LogP contribution in [0.4, 0.5) is 0 Å². The van der Waals surface area contributed by atoms with Crippen LogP contribution in [-0.2, 0) is 0 Å². The zero-order valence-corrected chi connectivity index (χ0v) is 12.1. The molecule has 0 saturated carbocycles. The average molecular weight is 340 g/mol. The summed E-state index contributed by atoms with van der Waals surface area (Å²) in [6.45, 7) is 0. The molecule has 1 aromatic heterocycles. The van der Waals surface area contributed by atoms with E-state index >= 15 is 0 Å². The Kier molecular flexibility index (Phi) is 4.44. The monoisotopic (exact) mass is 339 g/mol. The van der Waals surface area contributed by atoms with E-state index in [0.29, 0.717) is 5.56 Å². The number of hydrogen-bond donors (Lipinski definition) is 2. The molecule has 0 saturated heterocycles. The lowest BCUT2D eigenvalue weighted by molar-refractivity contribution is 0.102. The lowest BCUT2D eigenvalue weighted by Crippen LogP contribution is -2.02. The first-order chi connectivity index (χ1) is 9.06. The van der Waals surface area contributed by atoms with Gasteiger partial charge in [0.15, 0.2) is 17.3 Å². The SMILES string of the molecule is O=C(CSc1ccc(Br)cn1)c1ccc(O)c(O)c1. The van der Waals surface area contributed by atoms with Crippen molar-refractivity contribution in [2.45, 2.75) is 5.03 Å². The van der Waals surface area contributed by atoms with E-state index in [1.165, 1.54) is 30.0 Å². The Hall–Kier alpha value is -1.53. The van der Waals surface area contributed by atoms with Gasteiger partial charge in [0.05, 0.1) is 10.8 Å². The van der Waals surface area contributed by atoms with Crippen LogP contribution in [0, 0.1) is 0 Å². The molecule has 1 aromatic carbocycles. The Bertz CT molecular complexity index is 601. The highest BCUT2D eigenvalue weighted by Crippen LogP contribution is 2.26. The summed E-state index contributed by atoms with van der Waals surface area (Å²) in [6, 6.07) is 7.70. The number of pyridine rings is 1. The quantitative estimate of drug-likeness (QED) is 0.508. The van der Waals surface area contributed by atoms with Crippen LogP contribution in [0.15, 0.2) is 46.0 Å². The molecule has 0 bridgehead atoms. The minimum absolute atomic E-state index is 0.134. The standard InChI is InChI=1S/C13H10BrNO3S/c14-9-2-4-13(15-6-9)19-7-12(18)8-1-3-10(16)11(17)5-8/h1-6,16-17H,7H2. The zero-order valence-electron chi connectivity index (χ0n) is 9.71. The molecule has 2 aromatic rings. The van der Waals surface area contributed by atoms with Gasteiger partial charge in [-0.1, -0.05) is 11.8 Å². The maximum Gasteiger partial charge on any atom is 0.173 e. The van der Waals surface area contributed by atoms with Crippen LogP contribution in [0.3, 0.4) is 0 Å². The smallest absolute Gasteiger partial charge is 0.173 e. The fourth-order valence-electron chi connectivity index (χ4n) is 1.37. The molecule has 0 aliphatic rings. The molecule has 0 aliphatic heterocycles. The number of thioether (sulfide) groups is 1. The number of carbonyl (C=O) groups excluding carboxylic acids is 1. The van der Waals surface area contributed by atoms with Crippen molar-refractivity contribution >= 4 is 33.5 Å². The third-order valence-corrected chi connectivity index (χ3v) is 3.76. The zero-order chi connectivity index (χ0) is 13.8. The van der Waals surface area contributed by atoms with Gasteiger partial charge >= 0.3 is 0 Å². The summed E-state index contributed by atoms with van der Waals surface area (Å²) in [5.74, 6) is -0.444. The fourth-order valence-corrected chi connectivity index (χ4v) is 2.34. The van der Waals surface area contributed by atoms with Gasteiger partial charge in [-0.3, -0.25) is 4.79 Å². The van der Waals surface area contributed by atoms with Crippen LogP contribution in [0.1, 0.15) is 10.4 Å². The first-order valence-corrected chi connectivity index (χ1v) is 7.13. The molecule has 0 fully saturated rings. The molecule has 0 unspecified atom stereocenters. The lowest BCUT2D eigenvalue weighted by atomic mass is 10.1. The van der Waals surface area contributed by atoms with E-state index in [0.717, 1.165) is 9.50 Å². The number of rotatable bonds is 4. The number of benzene rings is 1. The highest BCUT2D eigenvalue weighted by atomic mass is 79.9. The number of carbonyl (C=O) groups is 1. The molecule has 0 spiro atoms. The number of hydrogen-bond acceptors (Lipinski definition) is 5. The number of phenolic OH excluding ortho intramolecular Hbond substituents is 2. The van der Waals surface area contributed by atoms with Gasteiger partial charge in [0, 0.05) is 16.2 Å². The molecule has 2 rings (SSSR count). The largest absolute Gasteiger partial charge is 0.504 e. The van der Waals surface area contributed by atoms with Crippen LogP contribution in [0.5, 0.6) is 11.5 Å². The number of aromatic hydroxyl groups is 2. The molecule has 19 heavy (non-hydrogen) atoms. The van der Waals surface area contributed by atoms with E-state index in [2.05, 4.69) is 20.9 Å². The van der Waals surface area contributed by atoms with Gasteiger partial charge in [-0.15, -0.1) is 0 Å². The van der Waals surface area contributed by atoms with E-state index in [1.807, 2.05) is 12.1 Å². The van der Waals surface area contributed by atoms with Crippen LogP contribution >= 0.6 is 27.7 Å². The van der Waals surface area contributed by atoms with E-state index in [1.54, 1.807) is 6.20 Å². The summed E-state index contributed by atoms with van der Waals surface area (Å²) >= 11 is 4.60. The maximum absolute atomic E-state index is 11.9. The third-order valence-electron chi connectivity index (χ3n) is 2.35. The summed E-state index contributed by atoms with van der Waals surface area (Å²) in [5.41, 5.74) is 0.361. The van der Waals surface area contributed by atoms with Gasteiger partial charge in [0.1, 0.15) is 0 Å². The summed E-state index contributed by atoms with van der Waals surface area (Å²) in [7, 11) is 0. The van der Waals surface area contributed by atoms with Crippen LogP contribution < -0.4 is 0 Å². The second-order valence-corrected chi connectivity index (χ2v) is 5.64. The lowest BCUT2D eigenvalue weighted by Gasteiger charge is -2.03. The molecule has 0 amide bonds. The molecule has 98 valence electrons. The number of phenols is 2. The predicted octanol–water partition coefficient (Wildman–Crippen LogP) is 3.23. The Morgan fingerprint density at radius 3 is 2.63 bits per heavy atom. The van der Waals surface area contributed by atoms with Crippen molar-refractivity contribution in [3.63, 3.8) is 0 Å². The van der Waals surface area contributed by atoms with Crippen LogP contribution in [-0.4, -0.2) is 26.7 Å². The van der Waals surface area contributed by atoms with Crippen molar-refractivity contribution in [3.05, 3.63) is 46.6 Å². The Morgan fingerprint density at radius 2 is 2.00 bits per heavy atom. The van der Waals surface area contributed by atoms with E-state index in [4.69, 9.17) is 0 Å². The highest BCUT2D eigenvalue weighted by Gasteiger charge is 2.10. The molecule has 6 heteroatoms. The molecule has 0 aliphatic carbocycles. The molecule has 4 nitrogen and oxygen atoms in total. The molecule has 2 N–H and O–H groups in total. The molecule has 0 atom stereocenters. The summed E-state index contributed by atoms with van der Waals surface area (Å²) in [6.07, 6.45) is 1.67. The normalized spacial score (nSPS) is 10.4. The van der Waals surface area contributed by atoms with Crippen molar-refractivity contribution in [3.8, 4) is 11.5 Å². The van der Waals surface area contributed by atoms with Crippen molar-refractivity contribution in [1.29, 1.82) is 0 Å². The number of aromatic nitrogens is 1. The molecular formula is C13H10BrNO3S. The first kappa shape index (κ1) is 13.9. The first-order valence-electron chi connectivity index (χ1n) is 5.36. The molecule has 1 heterocycles. The Labute approximate surface area is 122 Å². The van der Waals surface area contributed by atoms with Crippen molar-refractivity contribution in [1.82, 2.24) is 4.98 Å². The van der Waals surface area contributed by atoms with Gasteiger partial charge in [-0.2, -0.15) is 0 Å². The van der Waals surface area contributed by atoms with Crippen molar-refractivity contribution in [2.75, 3.05) is 5.75 Å². The van der Waals surface area contributed by atoms with Gasteiger partial charge in [0.2, 0.25) is 0 Å².